The highest BCUT2D eigenvalue weighted by atomic mass is 32.1. The molecule has 0 spiro atoms. The van der Waals surface area contributed by atoms with Gasteiger partial charge in [-0.05, 0) is 36.0 Å². The predicted molar refractivity (Wildman–Crippen MR) is 100 cm³/mol. The van der Waals surface area contributed by atoms with Gasteiger partial charge >= 0.3 is 0 Å². The van der Waals surface area contributed by atoms with Crippen LogP contribution < -0.4 is 20.5 Å². The van der Waals surface area contributed by atoms with Crippen LogP contribution in [0, 0.1) is 4.77 Å². The van der Waals surface area contributed by atoms with Crippen molar-refractivity contribution < 1.29 is 14.3 Å². The first kappa shape index (κ1) is 19.1. The fraction of sp³-hybridized carbons (Fsp3) is 0.176. The molecule has 0 atom stereocenters. The Hall–Kier alpha value is -3.20. The molecule has 0 unspecified atom stereocenters. The van der Waals surface area contributed by atoms with Crippen molar-refractivity contribution in [1.29, 1.82) is 0 Å². The normalized spacial score (nSPS) is 10.5. The van der Waals surface area contributed by atoms with Crippen molar-refractivity contribution in [3.8, 4) is 11.5 Å². The number of aromatic nitrogens is 2. The number of hydrazone groups is 1. The van der Waals surface area contributed by atoms with Crippen LogP contribution in [-0.4, -0.2) is 35.8 Å². The van der Waals surface area contributed by atoms with Crippen molar-refractivity contribution >= 4 is 24.3 Å². The lowest BCUT2D eigenvalue weighted by Crippen LogP contribution is -2.21. The fourth-order valence-electron chi connectivity index (χ4n) is 2.04. The molecule has 136 valence electrons. The van der Waals surface area contributed by atoms with Gasteiger partial charge in [-0.25, -0.2) is 5.43 Å². The molecule has 8 nitrogen and oxygen atoms in total. The predicted octanol–water partition coefficient (Wildman–Crippen LogP) is 1.70. The number of carbonyl (C=O) groups excluding carboxylic acids is 1. The van der Waals surface area contributed by atoms with Crippen molar-refractivity contribution in [3.63, 3.8) is 0 Å². The molecule has 0 bridgehead atoms. The number of rotatable bonds is 8. The second-order valence-corrected chi connectivity index (χ2v) is 5.50. The Kier molecular flexibility index (Phi) is 6.86. The first-order valence-electron chi connectivity index (χ1n) is 7.58. The topological polar surface area (TPSA) is 109 Å². The Labute approximate surface area is 154 Å². The van der Waals surface area contributed by atoms with Crippen LogP contribution in [0.5, 0.6) is 11.5 Å². The number of amides is 1. The zero-order chi connectivity index (χ0) is 18.9. The van der Waals surface area contributed by atoms with Crippen LogP contribution in [0.15, 0.2) is 46.8 Å². The van der Waals surface area contributed by atoms with Crippen LogP contribution in [0.2, 0.25) is 0 Å². The molecule has 1 aromatic carbocycles. The molecule has 3 N–H and O–H groups in total. The summed E-state index contributed by atoms with van der Waals surface area (Å²) in [6.45, 7) is 3.96. The van der Waals surface area contributed by atoms with Gasteiger partial charge in [-0.2, -0.15) is 5.10 Å². The van der Waals surface area contributed by atoms with E-state index in [1.165, 1.54) is 19.4 Å². The van der Waals surface area contributed by atoms with E-state index in [0.29, 0.717) is 29.4 Å². The Morgan fingerprint density at radius 1 is 1.35 bits per heavy atom. The van der Waals surface area contributed by atoms with Gasteiger partial charge in [0.2, 0.25) is 5.91 Å². The summed E-state index contributed by atoms with van der Waals surface area (Å²) in [4.78, 5) is 28.3. The van der Waals surface area contributed by atoms with Crippen molar-refractivity contribution in [2.75, 3.05) is 13.7 Å². The molecule has 0 saturated carbocycles. The number of nitrogens with zero attached hydrogens (tertiary/aromatic N) is 1. The number of H-pyrrole nitrogens is 2. The zero-order valence-electron chi connectivity index (χ0n) is 14.1. The number of methoxy groups -OCH3 is 1. The Balaban J connectivity index is 1.98. The van der Waals surface area contributed by atoms with Crippen LogP contribution in [0.3, 0.4) is 0 Å². The minimum absolute atomic E-state index is 0.0530. The van der Waals surface area contributed by atoms with Gasteiger partial charge < -0.3 is 14.5 Å². The number of hydrogen-bond acceptors (Lipinski definition) is 6. The van der Waals surface area contributed by atoms with E-state index in [9.17, 15) is 9.59 Å². The average Bonchev–Trinajstić information content (AvgIpc) is 2.59. The second-order valence-electron chi connectivity index (χ2n) is 5.09. The van der Waals surface area contributed by atoms with E-state index in [1.54, 1.807) is 24.3 Å². The molecule has 1 amide bonds. The van der Waals surface area contributed by atoms with Gasteiger partial charge in [0.1, 0.15) is 6.61 Å². The molecule has 1 aromatic heterocycles. The SMILES string of the molecule is C=CCOc1ccc(/C=N\NC(=O)Cc2cc(=O)[nH]c(=S)[nH]2)cc1OC. The van der Waals surface area contributed by atoms with E-state index in [-0.39, 0.29) is 16.8 Å². The van der Waals surface area contributed by atoms with E-state index in [0.717, 1.165) is 0 Å². The number of ether oxygens (including phenoxy) is 2. The summed E-state index contributed by atoms with van der Waals surface area (Å²) in [6, 6.07) is 6.50. The van der Waals surface area contributed by atoms with Gasteiger partial charge in [0.15, 0.2) is 16.3 Å². The summed E-state index contributed by atoms with van der Waals surface area (Å²) >= 11 is 4.85. The molecular weight excluding hydrogens is 356 g/mol. The Bertz CT molecular complexity index is 905. The molecule has 2 rings (SSSR count). The molecular formula is C17H18N4O4S. The summed E-state index contributed by atoms with van der Waals surface area (Å²) in [7, 11) is 1.53. The van der Waals surface area contributed by atoms with Crippen LogP contribution >= 0.6 is 12.2 Å². The maximum atomic E-state index is 11.9. The van der Waals surface area contributed by atoms with Crippen molar-refractivity contribution in [2.45, 2.75) is 6.42 Å². The van der Waals surface area contributed by atoms with Gasteiger partial charge in [-0.3, -0.25) is 14.6 Å². The lowest BCUT2D eigenvalue weighted by Gasteiger charge is -2.09. The highest BCUT2D eigenvalue weighted by Crippen LogP contribution is 2.27. The molecule has 1 heterocycles. The van der Waals surface area contributed by atoms with E-state index in [1.807, 2.05) is 0 Å². The van der Waals surface area contributed by atoms with Gasteiger partial charge in [0.25, 0.3) is 5.56 Å². The smallest absolute Gasteiger partial charge is 0.251 e. The van der Waals surface area contributed by atoms with Gasteiger partial charge in [-0.1, -0.05) is 12.7 Å². The molecule has 0 radical (unpaired) electrons. The lowest BCUT2D eigenvalue weighted by atomic mass is 10.2. The van der Waals surface area contributed by atoms with Gasteiger partial charge in [0.05, 0.1) is 19.7 Å². The molecule has 0 aliphatic heterocycles. The molecule has 0 saturated heterocycles. The summed E-state index contributed by atoms with van der Waals surface area (Å²) in [6.07, 6.45) is 3.05. The summed E-state index contributed by atoms with van der Waals surface area (Å²) in [5.41, 5.74) is 3.13. The third-order valence-electron chi connectivity index (χ3n) is 3.11. The van der Waals surface area contributed by atoms with E-state index < -0.39 is 5.91 Å². The first-order chi connectivity index (χ1) is 12.5. The van der Waals surface area contributed by atoms with E-state index >= 15 is 0 Å². The zero-order valence-corrected chi connectivity index (χ0v) is 14.9. The monoisotopic (exact) mass is 374 g/mol. The maximum Gasteiger partial charge on any atom is 0.251 e. The molecule has 0 fully saturated rings. The summed E-state index contributed by atoms with van der Waals surface area (Å²) < 4.78 is 10.9. The van der Waals surface area contributed by atoms with Gasteiger partial charge in [-0.15, -0.1) is 0 Å². The third kappa shape index (κ3) is 5.71. The van der Waals surface area contributed by atoms with Crippen LogP contribution in [-0.2, 0) is 11.2 Å². The average molecular weight is 374 g/mol. The number of carbonyl (C=O) groups is 1. The molecule has 0 aliphatic rings. The highest BCUT2D eigenvalue weighted by molar-refractivity contribution is 7.71. The van der Waals surface area contributed by atoms with Crippen molar-refractivity contribution in [2.24, 2.45) is 5.10 Å². The van der Waals surface area contributed by atoms with Crippen molar-refractivity contribution in [1.82, 2.24) is 15.4 Å². The third-order valence-corrected chi connectivity index (χ3v) is 3.32. The second kappa shape index (κ2) is 9.33. The largest absolute Gasteiger partial charge is 0.493 e. The fourth-order valence-corrected chi connectivity index (χ4v) is 2.27. The Morgan fingerprint density at radius 2 is 2.15 bits per heavy atom. The number of benzene rings is 1. The van der Waals surface area contributed by atoms with Crippen LogP contribution in [0.1, 0.15) is 11.3 Å². The standard InChI is InChI=1S/C17H18N4O4S/c1-3-6-25-13-5-4-11(7-14(13)24-2)10-18-21-16(23)9-12-8-15(22)20-17(26)19-12/h3-5,7-8,10H,1,6,9H2,2H3,(H,21,23)(H2,19,20,22,26)/b18-10-. The number of aromatic amines is 2. The lowest BCUT2D eigenvalue weighted by molar-refractivity contribution is -0.120. The Morgan fingerprint density at radius 3 is 2.85 bits per heavy atom. The molecule has 0 aliphatic carbocycles. The quantitative estimate of drug-likeness (QED) is 0.282. The minimum Gasteiger partial charge on any atom is -0.493 e. The van der Waals surface area contributed by atoms with Crippen LogP contribution in [0.4, 0.5) is 0 Å². The number of nitrogens with one attached hydrogen (secondary N) is 3. The molecule has 26 heavy (non-hydrogen) atoms. The minimum atomic E-state index is -0.393. The van der Waals surface area contributed by atoms with E-state index in [2.05, 4.69) is 27.1 Å². The highest BCUT2D eigenvalue weighted by Gasteiger charge is 2.05. The van der Waals surface area contributed by atoms with Gasteiger partial charge in [0, 0.05) is 11.8 Å². The first-order valence-corrected chi connectivity index (χ1v) is 7.99. The number of hydrogen-bond donors (Lipinski definition) is 3. The summed E-state index contributed by atoms with van der Waals surface area (Å²) in [5, 5.41) is 3.89. The summed E-state index contributed by atoms with van der Waals surface area (Å²) in [5.74, 6) is 0.728. The van der Waals surface area contributed by atoms with Crippen LogP contribution in [0.25, 0.3) is 0 Å². The molecule has 2 aromatic rings. The van der Waals surface area contributed by atoms with Crippen molar-refractivity contribution in [3.05, 3.63) is 63.3 Å². The molecule has 9 heteroatoms. The van der Waals surface area contributed by atoms with E-state index in [4.69, 9.17) is 21.7 Å². The maximum absolute atomic E-state index is 11.9.